The molecule has 2 saturated carbocycles. The maximum Gasteiger partial charge on any atom is 0.303 e. The minimum atomic E-state index is -3.94. The standard InChI is InChI=1S/C37H47N5O5S/c1-39(2)48(45,46)38-35(43)24-10-14-29-32(18-24)41-17-16-37(20-31(37)36(44)42-25-11-12-26(42)22-40(3)21-25)30-19-27(47-4)13-15-28(30)34(41)33(29)23-8-6-5-7-9-23/h10,13-15,18-19,23,25-26,31H,5-9,11-12,16-17,20-22H2,1-4H3,(H,38,43)/t25?,26?,31-,37?/m0/s1. The number of rotatable bonds is 6. The van der Waals surface area contributed by atoms with Crippen molar-refractivity contribution >= 4 is 32.9 Å². The zero-order chi connectivity index (χ0) is 33.5. The minimum Gasteiger partial charge on any atom is -0.497 e. The minimum absolute atomic E-state index is 0.0681. The van der Waals surface area contributed by atoms with Crippen LogP contribution < -0.4 is 9.46 Å². The number of nitrogens with zero attached hydrogens (tertiary/aromatic N) is 4. The average Bonchev–Trinajstić information content (AvgIpc) is 3.67. The average molecular weight is 674 g/mol. The van der Waals surface area contributed by atoms with E-state index < -0.39 is 16.1 Å². The van der Waals surface area contributed by atoms with E-state index in [1.54, 1.807) is 13.2 Å². The topological polar surface area (TPSA) is 104 Å². The third kappa shape index (κ3) is 4.98. The van der Waals surface area contributed by atoms with Crippen LogP contribution in [0.3, 0.4) is 0 Å². The second-order valence-electron chi connectivity index (χ2n) is 15.1. The number of methoxy groups -OCH3 is 1. The van der Waals surface area contributed by atoms with Crippen molar-refractivity contribution in [3.8, 4) is 17.0 Å². The summed E-state index contributed by atoms with van der Waals surface area (Å²) in [5.74, 6) is 0.782. The Morgan fingerprint density at radius 3 is 2.40 bits per heavy atom. The normalized spacial score (nSPS) is 27.2. The largest absolute Gasteiger partial charge is 0.497 e. The van der Waals surface area contributed by atoms with Gasteiger partial charge < -0.3 is 19.1 Å². The van der Waals surface area contributed by atoms with E-state index >= 15 is 0 Å². The number of fused-ring (bicyclic) bond motifs is 8. The van der Waals surface area contributed by atoms with Gasteiger partial charge in [-0.15, -0.1) is 0 Å². The van der Waals surface area contributed by atoms with E-state index in [9.17, 15) is 18.0 Å². The number of piperazine rings is 1. The summed E-state index contributed by atoms with van der Waals surface area (Å²) in [7, 11) is 2.72. The molecule has 1 N–H and O–H groups in total. The molecule has 10 nitrogen and oxygen atoms in total. The Labute approximate surface area is 283 Å². The molecule has 3 aliphatic heterocycles. The van der Waals surface area contributed by atoms with Crippen LogP contribution in [0.2, 0.25) is 0 Å². The van der Waals surface area contributed by atoms with Gasteiger partial charge in [0.25, 0.3) is 5.91 Å². The second-order valence-corrected chi connectivity index (χ2v) is 17.0. The smallest absolute Gasteiger partial charge is 0.303 e. The van der Waals surface area contributed by atoms with Crippen LogP contribution >= 0.6 is 0 Å². The Morgan fingerprint density at radius 1 is 0.979 bits per heavy atom. The molecule has 2 aromatic carbocycles. The van der Waals surface area contributed by atoms with Gasteiger partial charge in [-0.2, -0.15) is 12.7 Å². The highest BCUT2D eigenvalue weighted by Gasteiger charge is 2.63. The highest BCUT2D eigenvalue weighted by Crippen LogP contribution is 2.63. The number of likely N-dealkylation sites (tertiary alicyclic amines) is 1. The number of likely N-dealkylation sites (N-methyl/N-ethyl adjacent to an activating group) is 1. The fourth-order valence-corrected chi connectivity index (χ4v) is 10.2. The van der Waals surface area contributed by atoms with E-state index in [1.165, 1.54) is 50.2 Å². The van der Waals surface area contributed by atoms with Crippen LogP contribution in [0.4, 0.5) is 0 Å². The van der Waals surface area contributed by atoms with Crippen molar-refractivity contribution in [2.45, 2.75) is 87.7 Å². The number of hydrogen-bond acceptors (Lipinski definition) is 6. The first-order valence-corrected chi connectivity index (χ1v) is 19.1. The van der Waals surface area contributed by atoms with Crippen LogP contribution in [0.5, 0.6) is 5.75 Å². The van der Waals surface area contributed by atoms with E-state index in [0.717, 1.165) is 78.1 Å². The highest BCUT2D eigenvalue weighted by atomic mass is 32.2. The van der Waals surface area contributed by atoms with Crippen LogP contribution in [0.15, 0.2) is 36.4 Å². The molecular formula is C37H47N5O5S. The molecule has 4 atom stereocenters. The summed E-state index contributed by atoms with van der Waals surface area (Å²) in [6, 6.07) is 12.6. The van der Waals surface area contributed by atoms with E-state index in [0.29, 0.717) is 36.0 Å². The Bertz CT molecular complexity index is 1900. The number of ether oxygens (including phenoxy) is 1. The van der Waals surface area contributed by atoms with Crippen molar-refractivity contribution in [3.63, 3.8) is 0 Å². The molecule has 48 heavy (non-hydrogen) atoms. The predicted molar refractivity (Wildman–Crippen MR) is 185 cm³/mol. The number of hydrogen-bond donors (Lipinski definition) is 1. The van der Waals surface area contributed by atoms with Crippen molar-refractivity contribution in [1.82, 2.24) is 23.4 Å². The van der Waals surface area contributed by atoms with Crippen LogP contribution in [-0.4, -0.2) is 92.3 Å². The van der Waals surface area contributed by atoms with Gasteiger partial charge in [-0.05, 0) is 92.9 Å². The van der Waals surface area contributed by atoms with E-state index in [4.69, 9.17) is 4.74 Å². The summed E-state index contributed by atoms with van der Waals surface area (Å²) in [5.41, 5.74) is 5.83. The summed E-state index contributed by atoms with van der Waals surface area (Å²) in [4.78, 5) is 32.4. The molecule has 3 aromatic rings. The van der Waals surface area contributed by atoms with Gasteiger partial charge in [-0.1, -0.05) is 25.3 Å². The van der Waals surface area contributed by atoms with Crippen LogP contribution in [0.25, 0.3) is 22.2 Å². The Kier molecular flexibility index (Phi) is 7.69. The Balaban J connectivity index is 1.25. The van der Waals surface area contributed by atoms with E-state index in [-0.39, 0.29) is 11.3 Å². The molecule has 256 valence electrons. The molecule has 3 unspecified atom stereocenters. The lowest BCUT2D eigenvalue weighted by atomic mass is 9.80. The van der Waals surface area contributed by atoms with Gasteiger partial charge in [0.15, 0.2) is 0 Å². The van der Waals surface area contributed by atoms with Crippen LogP contribution in [-0.2, 0) is 27.0 Å². The summed E-state index contributed by atoms with van der Waals surface area (Å²) < 4.78 is 36.5. The van der Waals surface area contributed by atoms with Crippen LogP contribution in [0.1, 0.15) is 85.2 Å². The maximum absolute atomic E-state index is 14.5. The van der Waals surface area contributed by atoms with Crippen molar-refractivity contribution in [3.05, 3.63) is 53.1 Å². The van der Waals surface area contributed by atoms with Crippen molar-refractivity contribution in [1.29, 1.82) is 0 Å². The van der Waals surface area contributed by atoms with Gasteiger partial charge in [0, 0.05) is 79.2 Å². The molecule has 11 heteroatoms. The molecular weight excluding hydrogens is 627 g/mol. The van der Waals surface area contributed by atoms with Crippen molar-refractivity contribution in [2.24, 2.45) is 5.92 Å². The van der Waals surface area contributed by atoms with Gasteiger partial charge in [-0.25, -0.2) is 4.72 Å². The van der Waals surface area contributed by atoms with Gasteiger partial charge >= 0.3 is 10.2 Å². The zero-order valence-electron chi connectivity index (χ0n) is 28.5. The van der Waals surface area contributed by atoms with E-state index in [2.05, 4.69) is 38.3 Å². The summed E-state index contributed by atoms with van der Waals surface area (Å²) in [6.45, 7) is 2.59. The summed E-state index contributed by atoms with van der Waals surface area (Å²) in [6.07, 6.45) is 9.63. The van der Waals surface area contributed by atoms with Gasteiger partial charge in [0.05, 0.1) is 12.8 Å². The first kappa shape index (κ1) is 31.8. The fourth-order valence-electron chi connectivity index (χ4n) is 9.68. The number of amides is 2. The molecule has 8 rings (SSSR count). The highest BCUT2D eigenvalue weighted by molar-refractivity contribution is 7.87. The third-order valence-electron chi connectivity index (χ3n) is 12.2. The number of nitrogens with one attached hydrogen (secondary N) is 1. The molecule has 2 bridgehead atoms. The number of carbonyl (C=O) groups is 2. The SMILES string of the molecule is COc1ccc2c(c1)C1(CCn3c-2c(C2CCCCC2)c2ccc(C(=O)NS(=O)(=O)N(C)C)cc23)C[C@H]1C(=O)N1C2CCC1CN(C)C2. The first-order chi connectivity index (χ1) is 23.0. The lowest BCUT2D eigenvalue weighted by Gasteiger charge is -2.40. The number of aromatic nitrogens is 1. The molecule has 5 aliphatic rings. The fraction of sp³-hybridized carbons (Fsp3) is 0.568. The first-order valence-electron chi connectivity index (χ1n) is 17.6. The lowest BCUT2D eigenvalue weighted by Crippen LogP contribution is -2.55. The van der Waals surface area contributed by atoms with Gasteiger partial charge in [0.2, 0.25) is 5.91 Å². The second kappa shape index (κ2) is 11.6. The molecule has 4 heterocycles. The molecule has 1 spiro atoms. The summed E-state index contributed by atoms with van der Waals surface area (Å²) >= 11 is 0. The number of carbonyl (C=O) groups excluding carboxylic acids is 2. The third-order valence-corrected chi connectivity index (χ3v) is 13.6. The molecule has 2 saturated heterocycles. The quantitative estimate of drug-likeness (QED) is 0.401. The summed E-state index contributed by atoms with van der Waals surface area (Å²) in [5, 5.41) is 1.12. The van der Waals surface area contributed by atoms with E-state index in [1.807, 2.05) is 18.2 Å². The Morgan fingerprint density at radius 2 is 1.71 bits per heavy atom. The van der Waals surface area contributed by atoms with Crippen LogP contribution in [0, 0.1) is 5.92 Å². The monoisotopic (exact) mass is 673 g/mol. The molecule has 1 aromatic heterocycles. The maximum atomic E-state index is 14.5. The molecule has 4 fully saturated rings. The molecule has 0 radical (unpaired) electrons. The van der Waals surface area contributed by atoms with Crippen molar-refractivity contribution in [2.75, 3.05) is 41.3 Å². The molecule has 2 aliphatic carbocycles. The van der Waals surface area contributed by atoms with Gasteiger partial charge in [-0.3, -0.25) is 9.59 Å². The zero-order valence-corrected chi connectivity index (χ0v) is 29.3. The molecule has 2 amide bonds. The number of aryl methyl sites for hydroxylation is 1. The number of benzene rings is 2. The van der Waals surface area contributed by atoms with Crippen molar-refractivity contribution < 1.29 is 22.7 Å². The van der Waals surface area contributed by atoms with Gasteiger partial charge in [0.1, 0.15) is 5.75 Å². The predicted octanol–water partition coefficient (Wildman–Crippen LogP) is 4.87. The Hall–Kier alpha value is -3.41. The lowest BCUT2D eigenvalue weighted by molar-refractivity contribution is -0.138.